The number of ether oxygens (including phenoxy) is 4. The largest absolute Gasteiger partial charge is 0.467 e. The average molecular weight is 1820 g/mol. The maximum Gasteiger partial charge on any atom is 0.328 e. The summed E-state index contributed by atoms with van der Waals surface area (Å²) < 4.78 is 20.4. The molecular formula is C88H144N12O20S4. The quantitative estimate of drug-likeness (QED) is 0.0174. The zero-order valence-corrected chi connectivity index (χ0v) is 79.9. The third-order valence-corrected chi connectivity index (χ3v) is 31.1. The minimum atomic E-state index is -1.33. The first-order chi connectivity index (χ1) is 58.2. The highest BCUT2D eigenvalue weighted by atomic mass is 33.1. The van der Waals surface area contributed by atoms with E-state index in [1.807, 2.05) is 111 Å². The van der Waals surface area contributed by atoms with E-state index < -0.39 is 212 Å². The van der Waals surface area contributed by atoms with Gasteiger partial charge in [-0.3, -0.25) is 57.5 Å². The molecular weight excluding hydrogens is 1670 g/mol. The second-order valence-electron chi connectivity index (χ2n) is 39.8. The van der Waals surface area contributed by atoms with Crippen molar-refractivity contribution in [2.75, 3.05) is 54.6 Å². The Balaban J connectivity index is 1.36. The van der Waals surface area contributed by atoms with Crippen LogP contribution in [0.2, 0.25) is 0 Å². The molecule has 0 aromatic carbocycles. The van der Waals surface area contributed by atoms with E-state index in [1.54, 1.807) is 0 Å². The van der Waals surface area contributed by atoms with Crippen LogP contribution in [0.3, 0.4) is 0 Å². The Morgan fingerprint density at radius 1 is 0.282 bits per heavy atom. The van der Waals surface area contributed by atoms with Crippen molar-refractivity contribution in [2.45, 2.75) is 309 Å². The monoisotopic (exact) mass is 1820 g/mol. The van der Waals surface area contributed by atoms with Crippen LogP contribution in [0.15, 0.2) is 0 Å². The number of carbonyl (C=O) groups is 16. The zero-order valence-electron chi connectivity index (χ0n) is 76.6. The minimum Gasteiger partial charge on any atom is -0.467 e. The van der Waals surface area contributed by atoms with Gasteiger partial charge in [0, 0.05) is 26.2 Å². The first-order valence-corrected chi connectivity index (χ1v) is 49.3. The number of esters is 4. The minimum absolute atomic E-state index is 0.0468. The highest BCUT2D eigenvalue weighted by Crippen LogP contribution is 2.67. The molecule has 9 fully saturated rings. The number of carbonyl (C=O) groups excluding carboxylic acids is 16. The van der Waals surface area contributed by atoms with Gasteiger partial charge in [0.2, 0.25) is 70.9 Å². The van der Waals surface area contributed by atoms with Crippen LogP contribution >= 0.6 is 43.2 Å². The summed E-state index contributed by atoms with van der Waals surface area (Å²) in [5, 5.41) is 30.0. The van der Waals surface area contributed by atoms with Crippen LogP contribution in [0.25, 0.3) is 0 Å². The van der Waals surface area contributed by atoms with Crippen molar-refractivity contribution in [3.05, 3.63) is 0 Å². The third kappa shape index (κ3) is 29.0. The van der Waals surface area contributed by atoms with Gasteiger partial charge in [-0.05, 0) is 199 Å². The Hall–Kier alpha value is -7.08. The summed E-state index contributed by atoms with van der Waals surface area (Å²) in [5.41, 5.74) is -4.77. The van der Waals surface area contributed by atoms with Gasteiger partial charge in [0.05, 0.1) is 50.1 Å². The molecule has 4 spiro atoms. The second-order valence-corrected chi connectivity index (χ2v) is 45.2. The molecule has 700 valence electrons. The standard InChI is InChI=1S/C88H144N12O20S4/c1-45(2)21-57(69(101)97-61(25-49(9)10)77(109)117-17)93-73(105)65-39-89-81(113)85-31-53-29-54(32-85)34-86(33-53,43-85)83(115)91-41-67(75(107)95-59(23-47(5)6)71(103)99-63(27-51(13)14)79(111)119-19)123-124-68(76(108)96-60(24-48(7)8)72(104)100-64(28-52(15)16)80(112)120-20)42-92-84(116)88-37-55-30-56(38-88)36-87(35-55,44-88)82(114)90-40-66(122-121-65)74(106)94-58(22-46(3)4)70(102)98-62(26-50(11)12)78(110)118-18/h45-68H,21-44H2,1-20H3,(H,89,113)(H,90,114)(H,91,115)(H,92,116)(H,93,105)(H,94,106)(H,95,107)(H,96,108)(H,97,101)(H,98,102)(H,99,103)(H,100,104)/t53?,54?,55?,56?,57-,58-,59-,60-,61-,62-,63-,64-,65-,66-,67-,68-,85?,86?,87?,88?/m0/s1. The molecule has 124 heavy (non-hydrogen) atoms. The van der Waals surface area contributed by atoms with E-state index in [4.69, 9.17) is 18.9 Å². The number of amides is 12. The first-order valence-electron chi connectivity index (χ1n) is 44.7. The van der Waals surface area contributed by atoms with Gasteiger partial charge >= 0.3 is 23.9 Å². The molecule has 12 amide bonds. The maximum absolute atomic E-state index is 15.8. The fourth-order valence-corrected chi connectivity index (χ4v) is 25.5. The molecule has 12 N–H and O–H groups in total. The van der Waals surface area contributed by atoms with Gasteiger partial charge in [0.15, 0.2) is 0 Å². The lowest BCUT2D eigenvalue weighted by Gasteiger charge is -2.60. The summed E-state index contributed by atoms with van der Waals surface area (Å²) in [5.74, 6) is -12.0. The molecule has 1 aliphatic heterocycles. The van der Waals surface area contributed by atoms with Crippen molar-refractivity contribution in [3.8, 4) is 0 Å². The average Bonchev–Trinajstić information content (AvgIpc) is 0.716. The summed E-state index contributed by atoms with van der Waals surface area (Å²) in [6.45, 7) is 28.2. The number of methoxy groups -OCH3 is 4. The van der Waals surface area contributed by atoms with Crippen LogP contribution in [0.1, 0.15) is 239 Å². The zero-order chi connectivity index (χ0) is 92.2. The molecule has 36 heteroatoms. The first kappa shape index (κ1) is 104. The Labute approximate surface area is 748 Å². The normalized spacial score (nSPS) is 28.0. The van der Waals surface area contributed by atoms with Crippen molar-refractivity contribution in [3.63, 3.8) is 0 Å². The van der Waals surface area contributed by atoms with Gasteiger partial charge in [-0.25, -0.2) is 19.2 Å². The lowest BCUT2D eigenvalue weighted by molar-refractivity contribution is -0.168. The molecule has 0 unspecified atom stereocenters. The van der Waals surface area contributed by atoms with Crippen LogP contribution < -0.4 is 63.8 Å². The predicted octanol–water partition coefficient (Wildman–Crippen LogP) is 6.81. The predicted molar refractivity (Wildman–Crippen MR) is 476 cm³/mol. The fourth-order valence-electron chi connectivity index (χ4n) is 20.3. The molecule has 9 rings (SSSR count). The maximum atomic E-state index is 15.8. The van der Waals surface area contributed by atoms with E-state index in [1.165, 1.54) is 28.4 Å². The van der Waals surface area contributed by atoms with E-state index in [9.17, 15) is 38.4 Å². The van der Waals surface area contributed by atoms with Crippen molar-refractivity contribution < 1.29 is 95.7 Å². The molecule has 0 aromatic rings. The Morgan fingerprint density at radius 2 is 0.444 bits per heavy atom. The summed E-state index contributed by atoms with van der Waals surface area (Å²) >= 11 is 0. The molecule has 0 radical (unpaired) electrons. The van der Waals surface area contributed by atoms with E-state index in [0.29, 0.717) is 64.2 Å². The highest BCUT2D eigenvalue weighted by Gasteiger charge is 2.65. The smallest absolute Gasteiger partial charge is 0.328 e. The third-order valence-electron chi connectivity index (χ3n) is 25.0. The van der Waals surface area contributed by atoms with E-state index >= 15 is 38.4 Å². The topological polar surface area (TPSA) is 454 Å². The van der Waals surface area contributed by atoms with Gasteiger partial charge in [-0.1, -0.05) is 154 Å². The van der Waals surface area contributed by atoms with Crippen LogP contribution in [0.4, 0.5) is 0 Å². The Morgan fingerprint density at radius 3 is 0.597 bits per heavy atom. The summed E-state index contributed by atoms with van der Waals surface area (Å²) in [6, 6.07) is -9.33. The molecule has 9 aliphatic rings. The van der Waals surface area contributed by atoms with Crippen molar-refractivity contribution in [1.29, 1.82) is 0 Å². The molecule has 8 bridgehead atoms. The van der Waals surface area contributed by atoms with Crippen LogP contribution in [0.5, 0.6) is 0 Å². The summed E-state index contributed by atoms with van der Waals surface area (Å²) in [4.78, 5) is 236. The number of hydrogen-bond acceptors (Lipinski definition) is 24. The van der Waals surface area contributed by atoms with Crippen LogP contribution in [0, 0.1) is 92.7 Å². The van der Waals surface area contributed by atoms with Gasteiger partial charge in [-0.2, -0.15) is 0 Å². The van der Waals surface area contributed by atoms with Crippen LogP contribution in [-0.2, 0) is 95.7 Å². The fraction of sp³-hybridized carbons (Fsp3) is 0.818. The van der Waals surface area contributed by atoms with Crippen molar-refractivity contribution in [1.82, 2.24) is 63.8 Å². The molecule has 8 aliphatic carbocycles. The number of hydrogen-bond donors (Lipinski definition) is 12. The van der Waals surface area contributed by atoms with Crippen molar-refractivity contribution >= 4 is 138 Å². The Bertz CT molecular complexity index is 3300. The Kier molecular flexibility index (Phi) is 39.2. The summed E-state index contributed by atoms with van der Waals surface area (Å²) in [7, 11) is 8.37. The van der Waals surface area contributed by atoms with Gasteiger partial charge < -0.3 is 82.7 Å². The number of nitrogens with one attached hydrogen (secondary N) is 12. The van der Waals surface area contributed by atoms with Gasteiger partial charge in [0.1, 0.15) is 69.3 Å². The SMILES string of the molecule is COC(=O)[C@H](CC(C)C)NC(=O)[C@H](CC(C)C)NC(=O)[C@@H]1CNC(=O)C23CC4CC(C2)CC(C4)(C3)C(=O)NC[C@@H](C(=O)N[C@@H](CC(C)C)C(=O)N[C@@H](CC(C)C)C(=O)OC)SS[C@H](C(=O)N[C@@H](CC(C)C)C(=O)N[C@@H](CC(C)C)C(=O)OC)CNC(=O)C23CC4CC(CC(C4)(C2)C(=O)NC[C@@H](C(=O)N[C@@H](CC(C)C)C(=O)N[C@@H](CC(C)C)C(=O)OC)SS1)C3. The van der Waals surface area contributed by atoms with Crippen molar-refractivity contribution in [2.24, 2.45) is 92.7 Å². The lowest BCUT2D eigenvalue weighted by atomic mass is 9.43. The molecule has 0 aromatic heterocycles. The van der Waals surface area contributed by atoms with Gasteiger partial charge in [-0.15, -0.1) is 0 Å². The molecule has 32 nitrogen and oxygen atoms in total. The van der Waals surface area contributed by atoms with Crippen LogP contribution in [-0.4, -0.2) is 219 Å². The van der Waals surface area contributed by atoms with Gasteiger partial charge in [0.25, 0.3) is 0 Å². The highest BCUT2D eigenvalue weighted by molar-refractivity contribution is 8.77. The molecule has 8 saturated carbocycles. The van der Waals surface area contributed by atoms with E-state index in [0.717, 1.165) is 43.2 Å². The number of rotatable bonds is 36. The molecule has 12 atom stereocenters. The van der Waals surface area contributed by atoms with E-state index in [-0.39, 0.29) is 135 Å². The lowest BCUT2D eigenvalue weighted by Crippen LogP contribution is -2.62. The molecule has 1 saturated heterocycles. The molecule has 1 heterocycles. The summed E-state index contributed by atoms with van der Waals surface area (Å²) in [6.07, 6.45) is 5.71. The van der Waals surface area contributed by atoms with E-state index in [2.05, 4.69) is 63.8 Å². The second kappa shape index (κ2) is 46.8.